The molecule has 122 valence electrons. The van der Waals surface area contributed by atoms with Crippen LogP contribution in [0, 0.1) is 20.8 Å². The van der Waals surface area contributed by atoms with Crippen LogP contribution in [0.5, 0.6) is 11.5 Å². The van der Waals surface area contributed by atoms with Crippen molar-refractivity contribution in [2.45, 2.75) is 20.8 Å². The second kappa shape index (κ2) is 6.99. The first-order valence-corrected chi connectivity index (χ1v) is 8.43. The Morgan fingerprint density at radius 3 is 2.04 bits per heavy atom. The molecule has 0 heterocycles. The van der Waals surface area contributed by atoms with Crippen molar-refractivity contribution >= 4 is 13.9 Å². The van der Waals surface area contributed by atoms with E-state index in [1.54, 1.807) is 50.3 Å². The van der Waals surface area contributed by atoms with Crippen molar-refractivity contribution in [3.8, 4) is 11.5 Å². The zero-order chi connectivity index (χ0) is 17.0. The molecule has 23 heavy (non-hydrogen) atoms. The Bertz CT molecular complexity index is 773. The van der Waals surface area contributed by atoms with Crippen LogP contribution in [-0.2, 0) is 9.29 Å². The number of rotatable bonds is 6. The first-order chi connectivity index (χ1) is 10.9. The van der Waals surface area contributed by atoms with Crippen molar-refractivity contribution in [2.75, 3.05) is 0 Å². The molecule has 6 heteroatoms. The standard InChI is InChI=1S/C17H18FO4P/c1-5-15-7-9-17(14(4)11-15)21-23(19,22-18)20-16-8-6-12(2)10-13(16)3/h5-11H,1H2,2-4H3. The molecule has 0 bridgehead atoms. The summed E-state index contributed by atoms with van der Waals surface area (Å²) in [5.41, 5.74) is 3.22. The van der Waals surface area contributed by atoms with Gasteiger partial charge in [-0.25, -0.2) is 4.57 Å². The summed E-state index contributed by atoms with van der Waals surface area (Å²) in [7, 11) is -4.43. The van der Waals surface area contributed by atoms with Crippen molar-refractivity contribution < 1.29 is 22.9 Å². The smallest absolute Gasteiger partial charge is 0.393 e. The second-order valence-electron chi connectivity index (χ2n) is 5.20. The molecule has 0 amide bonds. The number of phosphoric acid groups is 1. The molecule has 0 saturated carbocycles. The monoisotopic (exact) mass is 336 g/mol. The van der Waals surface area contributed by atoms with Gasteiger partial charge in [0.05, 0.1) is 0 Å². The molecule has 2 aromatic rings. The van der Waals surface area contributed by atoms with E-state index in [0.29, 0.717) is 11.1 Å². The molecule has 1 unspecified atom stereocenters. The lowest BCUT2D eigenvalue weighted by atomic mass is 10.1. The molecule has 0 spiro atoms. The number of hydrogen-bond donors (Lipinski definition) is 0. The summed E-state index contributed by atoms with van der Waals surface area (Å²) in [6, 6.07) is 10.2. The van der Waals surface area contributed by atoms with Crippen LogP contribution < -0.4 is 9.05 Å². The highest BCUT2D eigenvalue weighted by molar-refractivity contribution is 7.49. The molecule has 1 atom stereocenters. The summed E-state index contributed by atoms with van der Waals surface area (Å²) in [5, 5.41) is 0. The van der Waals surface area contributed by atoms with Crippen LogP contribution in [-0.4, -0.2) is 0 Å². The number of phosphoric ester groups is 1. The number of halogens is 1. The van der Waals surface area contributed by atoms with Crippen molar-refractivity contribution in [1.29, 1.82) is 0 Å². The second-order valence-corrected chi connectivity index (χ2v) is 6.59. The fourth-order valence-electron chi connectivity index (χ4n) is 2.09. The van der Waals surface area contributed by atoms with E-state index in [-0.39, 0.29) is 11.5 Å². The first-order valence-electron chi connectivity index (χ1n) is 6.97. The van der Waals surface area contributed by atoms with Gasteiger partial charge >= 0.3 is 7.82 Å². The Kier molecular flexibility index (Phi) is 5.24. The van der Waals surface area contributed by atoms with Gasteiger partial charge in [-0.05, 0) is 60.2 Å². The van der Waals surface area contributed by atoms with E-state index in [4.69, 9.17) is 9.05 Å². The predicted octanol–water partition coefficient (Wildman–Crippen LogP) is 5.72. The van der Waals surface area contributed by atoms with Gasteiger partial charge in [-0.1, -0.05) is 41.1 Å². The molecule has 0 aliphatic heterocycles. The minimum Gasteiger partial charge on any atom is -0.393 e. The average molecular weight is 336 g/mol. The third-order valence-corrected chi connectivity index (χ3v) is 4.28. The molecule has 0 fully saturated rings. The zero-order valence-electron chi connectivity index (χ0n) is 13.2. The molecule has 0 aliphatic rings. The summed E-state index contributed by atoms with van der Waals surface area (Å²) >= 11 is 0. The molecular weight excluding hydrogens is 318 g/mol. The first kappa shape index (κ1) is 17.3. The summed E-state index contributed by atoms with van der Waals surface area (Å²) in [5.74, 6) is 0.443. The fraction of sp³-hybridized carbons (Fsp3) is 0.176. The lowest BCUT2D eigenvalue weighted by molar-refractivity contribution is -0.0338. The van der Waals surface area contributed by atoms with E-state index in [1.807, 2.05) is 13.0 Å². The highest BCUT2D eigenvalue weighted by Gasteiger charge is 2.33. The van der Waals surface area contributed by atoms with Gasteiger partial charge in [0.1, 0.15) is 11.5 Å². The molecule has 0 aromatic heterocycles. The van der Waals surface area contributed by atoms with Gasteiger partial charge in [0.25, 0.3) is 0 Å². The van der Waals surface area contributed by atoms with Crippen LogP contribution in [0.15, 0.2) is 43.0 Å². The van der Waals surface area contributed by atoms with Gasteiger partial charge in [-0.2, -0.15) is 0 Å². The largest absolute Gasteiger partial charge is 0.619 e. The molecule has 0 aliphatic carbocycles. The number of hydrogen-bond acceptors (Lipinski definition) is 4. The summed E-state index contributed by atoms with van der Waals surface area (Å²) in [4.78, 5) is 0. The molecule has 2 rings (SSSR count). The maximum absolute atomic E-state index is 12.9. The molecule has 4 nitrogen and oxygen atoms in total. The summed E-state index contributed by atoms with van der Waals surface area (Å²) < 4.78 is 39.1. The molecule has 0 radical (unpaired) electrons. The lowest BCUT2D eigenvalue weighted by Gasteiger charge is -2.17. The van der Waals surface area contributed by atoms with Crippen LogP contribution in [0.1, 0.15) is 22.3 Å². The number of benzene rings is 2. The van der Waals surface area contributed by atoms with E-state index in [1.165, 1.54) is 0 Å². The minimum absolute atomic E-state index is 0.210. The van der Waals surface area contributed by atoms with Crippen LogP contribution >= 0.6 is 7.82 Å². The van der Waals surface area contributed by atoms with Crippen molar-refractivity contribution in [2.24, 2.45) is 0 Å². The van der Waals surface area contributed by atoms with Crippen LogP contribution in [0.2, 0.25) is 0 Å². The normalized spacial score (nSPS) is 13.2. The highest BCUT2D eigenvalue weighted by atomic mass is 31.2. The number of aryl methyl sites for hydroxylation is 3. The highest BCUT2D eigenvalue weighted by Crippen LogP contribution is 2.51. The van der Waals surface area contributed by atoms with Gasteiger partial charge in [0, 0.05) is 0 Å². The predicted molar refractivity (Wildman–Crippen MR) is 88.2 cm³/mol. The summed E-state index contributed by atoms with van der Waals surface area (Å²) in [6.45, 7) is 9.06. The fourth-order valence-corrected chi connectivity index (χ4v) is 3.08. The van der Waals surface area contributed by atoms with Gasteiger partial charge in [0.2, 0.25) is 0 Å². The van der Waals surface area contributed by atoms with Crippen LogP contribution in [0.3, 0.4) is 0 Å². The average Bonchev–Trinajstić information content (AvgIpc) is 2.52. The van der Waals surface area contributed by atoms with Crippen LogP contribution in [0.4, 0.5) is 4.53 Å². The van der Waals surface area contributed by atoms with Crippen molar-refractivity contribution in [3.63, 3.8) is 0 Å². The SMILES string of the molecule is C=Cc1ccc(OP(=O)(OF)Oc2ccc(C)cc2C)c(C)c1. The lowest BCUT2D eigenvalue weighted by Crippen LogP contribution is -2.03. The van der Waals surface area contributed by atoms with Crippen molar-refractivity contribution in [3.05, 3.63) is 65.2 Å². The Hall–Kier alpha value is -2.10. The quantitative estimate of drug-likeness (QED) is 0.633. The van der Waals surface area contributed by atoms with E-state index < -0.39 is 7.82 Å². The van der Waals surface area contributed by atoms with E-state index in [0.717, 1.165) is 11.1 Å². The maximum Gasteiger partial charge on any atom is 0.619 e. The third-order valence-electron chi connectivity index (χ3n) is 3.27. The van der Waals surface area contributed by atoms with Crippen molar-refractivity contribution in [1.82, 2.24) is 0 Å². The molecular formula is C17H18FO4P. The Morgan fingerprint density at radius 2 is 1.57 bits per heavy atom. The Balaban J connectivity index is 2.27. The van der Waals surface area contributed by atoms with Gasteiger partial charge in [-0.15, -0.1) is 0 Å². The Labute approximate surface area is 135 Å². The molecule has 2 aromatic carbocycles. The minimum atomic E-state index is -4.43. The van der Waals surface area contributed by atoms with Gasteiger partial charge in [-0.3, -0.25) is 0 Å². The third kappa shape index (κ3) is 4.21. The van der Waals surface area contributed by atoms with E-state index >= 15 is 0 Å². The van der Waals surface area contributed by atoms with E-state index in [9.17, 15) is 9.09 Å². The van der Waals surface area contributed by atoms with Crippen LogP contribution in [0.25, 0.3) is 6.08 Å². The van der Waals surface area contributed by atoms with Gasteiger partial charge < -0.3 is 9.05 Å². The zero-order valence-corrected chi connectivity index (χ0v) is 14.1. The molecule has 0 N–H and O–H groups in total. The Morgan fingerprint density at radius 1 is 1.00 bits per heavy atom. The van der Waals surface area contributed by atoms with Gasteiger partial charge in [0.15, 0.2) is 0 Å². The maximum atomic E-state index is 12.9. The van der Waals surface area contributed by atoms with E-state index in [2.05, 4.69) is 11.3 Å². The molecule has 0 saturated heterocycles. The topological polar surface area (TPSA) is 44.8 Å². The summed E-state index contributed by atoms with van der Waals surface area (Å²) in [6.07, 6.45) is 1.66.